The molecular weight excluding hydrogens is 168 g/mol. The molecule has 13 heavy (non-hydrogen) atoms. The molecule has 1 rings (SSSR count). The summed E-state index contributed by atoms with van der Waals surface area (Å²) in [5.41, 5.74) is 0. The van der Waals surface area contributed by atoms with Gasteiger partial charge in [-0.3, -0.25) is 9.59 Å². The molecule has 0 aromatic rings. The molecule has 2 atom stereocenters. The van der Waals surface area contributed by atoms with Crippen LogP contribution in [-0.4, -0.2) is 24.8 Å². The fraction of sp³-hybridized carbons (Fsp3) is 0.800. The smallest absolute Gasteiger partial charge is 0.148 e. The fourth-order valence-corrected chi connectivity index (χ4v) is 1.58. The molecule has 1 aliphatic rings. The van der Waals surface area contributed by atoms with Crippen molar-refractivity contribution >= 4 is 11.6 Å². The molecule has 1 heterocycles. The molecule has 1 aliphatic heterocycles. The number of ether oxygens (including phenoxy) is 1. The first-order chi connectivity index (χ1) is 6.16. The molecule has 1 fully saturated rings. The molecular formula is C10H16O3. The Labute approximate surface area is 78.5 Å². The summed E-state index contributed by atoms with van der Waals surface area (Å²) in [6.07, 6.45) is 1.22. The summed E-state index contributed by atoms with van der Waals surface area (Å²) in [7, 11) is 0. The maximum atomic E-state index is 11.6. The molecule has 3 nitrogen and oxygen atoms in total. The van der Waals surface area contributed by atoms with Gasteiger partial charge < -0.3 is 4.74 Å². The van der Waals surface area contributed by atoms with Crippen molar-refractivity contribution in [3.05, 3.63) is 0 Å². The minimum atomic E-state index is -0.434. The number of hydrogen-bond acceptors (Lipinski definition) is 3. The Kier molecular flexibility index (Phi) is 3.60. The van der Waals surface area contributed by atoms with Crippen molar-refractivity contribution < 1.29 is 14.3 Å². The lowest BCUT2D eigenvalue weighted by Gasteiger charge is -2.11. The lowest BCUT2D eigenvalue weighted by Crippen LogP contribution is -2.27. The quantitative estimate of drug-likeness (QED) is 0.617. The van der Waals surface area contributed by atoms with E-state index in [1.54, 1.807) is 13.8 Å². The number of carbonyl (C=O) groups excluding carboxylic acids is 2. The van der Waals surface area contributed by atoms with E-state index in [-0.39, 0.29) is 17.5 Å². The Hall–Kier alpha value is -0.700. The van der Waals surface area contributed by atoms with E-state index < -0.39 is 5.92 Å². The summed E-state index contributed by atoms with van der Waals surface area (Å²) in [5, 5.41) is 0. The van der Waals surface area contributed by atoms with Crippen LogP contribution < -0.4 is 0 Å². The maximum Gasteiger partial charge on any atom is 0.148 e. The Morgan fingerprint density at radius 2 is 2.23 bits per heavy atom. The largest absolute Gasteiger partial charge is 0.381 e. The first-order valence-corrected chi connectivity index (χ1v) is 4.81. The van der Waals surface area contributed by atoms with Crippen molar-refractivity contribution in [2.45, 2.75) is 26.7 Å². The Morgan fingerprint density at radius 1 is 1.54 bits per heavy atom. The Morgan fingerprint density at radius 3 is 2.69 bits per heavy atom. The van der Waals surface area contributed by atoms with Crippen LogP contribution in [0.5, 0.6) is 0 Å². The normalized spacial score (nSPS) is 24.3. The fourth-order valence-electron chi connectivity index (χ4n) is 1.58. The molecule has 0 radical (unpaired) electrons. The van der Waals surface area contributed by atoms with Gasteiger partial charge in [0.15, 0.2) is 0 Å². The monoisotopic (exact) mass is 184 g/mol. The average Bonchev–Trinajstić information content (AvgIpc) is 2.67. The number of carbonyl (C=O) groups is 2. The van der Waals surface area contributed by atoms with Gasteiger partial charge in [0, 0.05) is 18.9 Å². The standard InChI is InChI=1S/C10H16O3/c1-3-9(11)7(2)10(12)8-4-5-13-6-8/h7-8H,3-6H2,1-2H3. The van der Waals surface area contributed by atoms with E-state index in [9.17, 15) is 9.59 Å². The number of ketones is 2. The number of hydrogen-bond donors (Lipinski definition) is 0. The van der Waals surface area contributed by atoms with Crippen LogP contribution >= 0.6 is 0 Å². The van der Waals surface area contributed by atoms with E-state index in [0.717, 1.165) is 6.42 Å². The zero-order valence-electron chi connectivity index (χ0n) is 8.21. The van der Waals surface area contributed by atoms with Gasteiger partial charge in [-0.2, -0.15) is 0 Å². The lowest BCUT2D eigenvalue weighted by atomic mass is 9.90. The van der Waals surface area contributed by atoms with E-state index in [1.165, 1.54) is 0 Å². The highest BCUT2D eigenvalue weighted by Gasteiger charge is 2.30. The van der Waals surface area contributed by atoms with Crippen LogP contribution in [0.4, 0.5) is 0 Å². The molecule has 0 aromatic carbocycles. The zero-order chi connectivity index (χ0) is 9.84. The second-order valence-corrected chi connectivity index (χ2v) is 3.50. The number of Topliss-reactive ketones (excluding diaryl/α,β-unsaturated/α-hetero) is 2. The molecule has 0 aromatic heterocycles. The van der Waals surface area contributed by atoms with E-state index in [2.05, 4.69) is 0 Å². The minimum Gasteiger partial charge on any atom is -0.381 e. The van der Waals surface area contributed by atoms with Gasteiger partial charge in [0.25, 0.3) is 0 Å². The molecule has 0 spiro atoms. The highest BCUT2D eigenvalue weighted by atomic mass is 16.5. The zero-order valence-corrected chi connectivity index (χ0v) is 8.21. The van der Waals surface area contributed by atoms with Crippen molar-refractivity contribution in [3.63, 3.8) is 0 Å². The van der Waals surface area contributed by atoms with Gasteiger partial charge >= 0.3 is 0 Å². The predicted octanol–water partition coefficient (Wildman–Crippen LogP) is 1.21. The van der Waals surface area contributed by atoms with Crippen LogP contribution in [0.15, 0.2) is 0 Å². The molecule has 74 valence electrons. The van der Waals surface area contributed by atoms with E-state index >= 15 is 0 Å². The Balaban J connectivity index is 2.50. The van der Waals surface area contributed by atoms with Gasteiger partial charge in [-0.05, 0) is 13.3 Å². The van der Waals surface area contributed by atoms with Gasteiger partial charge in [0.2, 0.25) is 0 Å². The highest BCUT2D eigenvalue weighted by Crippen LogP contribution is 2.18. The molecule has 3 heteroatoms. The van der Waals surface area contributed by atoms with Crippen molar-refractivity contribution in [2.24, 2.45) is 11.8 Å². The van der Waals surface area contributed by atoms with Gasteiger partial charge in [-0.15, -0.1) is 0 Å². The molecule has 0 aliphatic carbocycles. The second-order valence-electron chi connectivity index (χ2n) is 3.50. The van der Waals surface area contributed by atoms with E-state index in [0.29, 0.717) is 19.6 Å². The molecule has 0 bridgehead atoms. The van der Waals surface area contributed by atoms with Crippen LogP contribution in [0.3, 0.4) is 0 Å². The SMILES string of the molecule is CCC(=O)C(C)C(=O)C1CCOC1. The first kappa shape index (κ1) is 10.4. The summed E-state index contributed by atoms with van der Waals surface area (Å²) in [6, 6.07) is 0. The van der Waals surface area contributed by atoms with Crippen LogP contribution in [0.1, 0.15) is 26.7 Å². The first-order valence-electron chi connectivity index (χ1n) is 4.81. The van der Waals surface area contributed by atoms with Crippen LogP contribution in [-0.2, 0) is 14.3 Å². The van der Waals surface area contributed by atoms with Gasteiger partial charge in [-0.25, -0.2) is 0 Å². The van der Waals surface area contributed by atoms with Crippen molar-refractivity contribution in [1.82, 2.24) is 0 Å². The minimum absolute atomic E-state index is 0.0366. The summed E-state index contributed by atoms with van der Waals surface area (Å²) in [6.45, 7) is 4.65. The van der Waals surface area contributed by atoms with E-state index in [4.69, 9.17) is 4.74 Å². The van der Waals surface area contributed by atoms with Gasteiger partial charge in [-0.1, -0.05) is 6.92 Å². The average molecular weight is 184 g/mol. The van der Waals surface area contributed by atoms with Gasteiger partial charge in [0.05, 0.1) is 12.5 Å². The lowest BCUT2D eigenvalue weighted by molar-refractivity contribution is -0.134. The summed E-state index contributed by atoms with van der Waals surface area (Å²) < 4.78 is 5.11. The van der Waals surface area contributed by atoms with Gasteiger partial charge in [0.1, 0.15) is 11.6 Å². The third-order valence-electron chi connectivity index (χ3n) is 2.59. The van der Waals surface area contributed by atoms with Crippen molar-refractivity contribution in [1.29, 1.82) is 0 Å². The molecule has 2 unspecified atom stereocenters. The van der Waals surface area contributed by atoms with E-state index in [1.807, 2.05) is 0 Å². The van der Waals surface area contributed by atoms with Crippen LogP contribution in [0, 0.1) is 11.8 Å². The third-order valence-corrected chi connectivity index (χ3v) is 2.59. The van der Waals surface area contributed by atoms with Crippen LogP contribution in [0.2, 0.25) is 0 Å². The molecule has 1 saturated heterocycles. The van der Waals surface area contributed by atoms with Crippen LogP contribution in [0.25, 0.3) is 0 Å². The number of rotatable bonds is 4. The summed E-state index contributed by atoms with van der Waals surface area (Å²) >= 11 is 0. The summed E-state index contributed by atoms with van der Waals surface area (Å²) in [5.74, 6) is -0.372. The predicted molar refractivity (Wildman–Crippen MR) is 48.4 cm³/mol. The van der Waals surface area contributed by atoms with Crippen molar-refractivity contribution in [3.8, 4) is 0 Å². The molecule has 0 amide bonds. The third kappa shape index (κ3) is 2.37. The highest BCUT2D eigenvalue weighted by molar-refractivity contribution is 6.02. The maximum absolute atomic E-state index is 11.6. The second kappa shape index (κ2) is 4.51. The molecule has 0 saturated carbocycles. The Bertz CT molecular complexity index is 204. The topological polar surface area (TPSA) is 43.4 Å². The summed E-state index contributed by atoms with van der Waals surface area (Å²) in [4.78, 5) is 22.9. The molecule has 0 N–H and O–H groups in total. The van der Waals surface area contributed by atoms with Crippen molar-refractivity contribution in [2.75, 3.05) is 13.2 Å².